The highest BCUT2D eigenvalue weighted by Crippen LogP contribution is 2.32. The van der Waals surface area contributed by atoms with E-state index >= 15 is 0 Å². The van der Waals surface area contributed by atoms with E-state index in [9.17, 15) is 9.59 Å². The van der Waals surface area contributed by atoms with Gasteiger partial charge in [0.1, 0.15) is 0 Å². The van der Waals surface area contributed by atoms with Crippen LogP contribution in [0.25, 0.3) is 0 Å². The molecule has 130 valence electrons. The molecule has 25 heavy (non-hydrogen) atoms. The molecule has 3 rings (SSSR count). The third kappa shape index (κ3) is 4.64. The van der Waals surface area contributed by atoms with Crippen molar-refractivity contribution in [1.29, 1.82) is 0 Å². The number of ether oxygens (including phenoxy) is 3. The van der Waals surface area contributed by atoms with Gasteiger partial charge in [-0.15, -0.1) is 0 Å². The summed E-state index contributed by atoms with van der Waals surface area (Å²) >= 11 is 5.76. The Morgan fingerprint density at radius 1 is 1.04 bits per heavy atom. The fourth-order valence-electron chi connectivity index (χ4n) is 2.24. The molecule has 0 unspecified atom stereocenters. The monoisotopic (exact) mass is 361 g/mol. The van der Waals surface area contributed by atoms with Crippen LogP contribution in [0.2, 0.25) is 5.02 Å². The predicted octanol–water partition coefficient (Wildman–Crippen LogP) is 3.30. The van der Waals surface area contributed by atoms with Gasteiger partial charge < -0.3 is 19.5 Å². The van der Waals surface area contributed by atoms with E-state index in [1.165, 1.54) is 12.1 Å². The van der Waals surface area contributed by atoms with Gasteiger partial charge in [0.2, 0.25) is 0 Å². The van der Waals surface area contributed by atoms with Crippen molar-refractivity contribution in [1.82, 2.24) is 0 Å². The fraction of sp³-hybridized carbons (Fsp3) is 0.222. The summed E-state index contributed by atoms with van der Waals surface area (Å²) in [6, 6.07) is 11.3. The topological polar surface area (TPSA) is 73.9 Å². The van der Waals surface area contributed by atoms with E-state index in [2.05, 4.69) is 5.32 Å². The Kier molecular flexibility index (Phi) is 5.40. The van der Waals surface area contributed by atoms with Crippen LogP contribution in [0.3, 0.4) is 0 Å². The van der Waals surface area contributed by atoms with Crippen molar-refractivity contribution < 1.29 is 23.8 Å². The standard InChI is InChI=1S/C18H16ClNO5/c19-13-4-2-12(3-5-13)18(22)25-11-17(21)20-14-6-7-15-16(10-14)24-9-1-8-23-15/h2-7,10H,1,8-9,11H2,(H,20,21). The Hall–Kier alpha value is -2.73. The first-order chi connectivity index (χ1) is 12.1. The van der Waals surface area contributed by atoms with Crippen LogP contribution in [-0.2, 0) is 9.53 Å². The lowest BCUT2D eigenvalue weighted by molar-refractivity contribution is -0.119. The predicted molar refractivity (Wildman–Crippen MR) is 92.4 cm³/mol. The van der Waals surface area contributed by atoms with Gasteiger partial charge in [0, 0.05) is 23.2 Å². The summed E-state index contributed by atoms with van der Waals surface area (Å²) in [5.41, 5.74) is 0.865. The van der Waals surface area contributed by atoms with Crippen LogP contribution in [0.5, 0.6) is 11.5 Å². The minimum Gasteiger partial charge on any atom is -0.490 e. The summed E-state index contributed by atoms with van der Waals surface area (Å²) in [4.78, 5) is 23.8. The van der Waals surface area contributed by atoms with Gasteiger partial charge in [-0.1, -0.05) is 11.6 Å². The molecule has 1 heterocycles. The van der Waals surface area contributed by atoms with E-state index in [4.69, 9.17) is 25.8 Å². The maximum atomic E-state index is 12.0. The van der Waals surface area contributed by atoms with Crippen LogP contribution in [0.4, 0.5) is 5.69 Å². The number of fused-ring (bicyclic) bond motifs is 1. The number of rotatable bonds is 4. The van der Waals surface area contributed by atoms with Gasteiger partial charge >= 0.3 is 5.97 Å². The zero-order chi connectivity index (χ0) is 17.6. The quantitative estimate of drug-likeness (QED) is 0.846. The zero-order valence-electron chi connectivity index (χ0n) is 13.3. The number of carbonyl (C=O) groups excluding carboxylic acids is 2. The molecule has 2 aromatic rings. The largest absolute Gasteiger partial charge is 0.490 e. The van der Waals surface area contributed by atoms with Crippen molar-refractivity contribution in [3.63, 3.8) is 0 Å². The number of anilines is 1. The molecular formula is C18H16ClNO5. The first-order valence-electron chi connectivity index (χ1n) is 7.74. The summed E-state index contributed by atoms with van der Waals surface area (Å²) in [5.74, 6) is 0.181. The molecule has 0 saturated carbocycles. The van der Waals surface area contributed by atoms with Gasteiger partial charge in [-0.05, 0) is 36.4 Å². The third-order valence-electron chi connectivity index (χ3n) is 3.45. The number of hydrogen-bond donors (Lipinski definition) is 1. The number of nitrogens with one attached hydrogen (secondary N) is 1. The van der Waals surface area contributed by atoms with Crippen LogP contribution in [0.1, 0.15) is 16.8 Å². The van der Waals surface area contributed by atoms with Crippen molar-refractivity contribution in [3.05, 3.63) is 53.1 Å². The second-order valence-electron chi connectivity index (χ2n) is 5.34. The Balaban J connectivity index is 1.55. The second kappa shape index (κ2) is 7.90. The molecule has 0 aromatic heterocycles. The third-order valence-corrected chi connectivity index (χ3v) is 3.70. The molecule has 6 nitrogen and oxygen atoms in total. The van der Waals surface area contributed by atoms with Gasteiger partial charge in [-0.3, -0.25) is 4.79 Å². The van der Waals surface area contributed by atoms with Gasteiger partial charge in [0.15, 0.2) is 18.1 Å². The smallest absolute Gasteiger partial charge is 0.338 e. The molecule has 1 N–H and O–H groups in total. The van der Waals surface area contributed by atoms with Gasteiger partial charge in [-0.2, -0.15) is 0 Å². The number of benzene rings is 2. The van der Waals surface area contributed by atoms with Crippen molar-refractivity contribution in [2.45, 2.75) is 6.42 Å². The molecule has 0 spiro atoms. The lowest BCUT2D eigenvalue weighted by atomic mass is 10.2. The van der Waals surface area contributed by atoms with Crippen LogP contribution in [0, 0.1) is 0 Å². The Bertz CT molecular complexity index is 776. The first kappa shape index (κ1) is 17.1. The highest BCUT2D eigenvalue weighted by atomic mass is 35.5. The van der Waals surface area contributed by atoms with E-state index in [0.717, 1.165) is 6.42 Å². The van der Waals surface area contributed by atoms with E-state index in [1.807, 2.05) is 0 Å². The van der Waals surface area contributed by atoms with Gasteiger partial charge in [0.05, 0.1) is 18.8 Å². The minimum absolute atomic E-state index is 0.327. The summed E-state index contributed by atoms with van der Waals surface area (Å²) < 4.78 is 16.1. The molecule has 1 amide bonds. The van der Waals surface area contributed by atoms with E-state index < -0.39 is 18.5 Å². The molecule has 0 bridgehead atoms. The normalized spacial score (nSPS) is 12.8. The lowest BCUT2D eigenvalue weighted by Gasteiger charge is -2.10. The molecule has 0 fully saturated rings. The average Bonchev–Trinajstić information content (AvgIpc) is 2.85. The molecule has 2 aromatic carbocycles. The fourth-order valence-corrected chi connectivity index (χ4v) is 2.36. The molecule has 0 saturated heterocycles. The van der Waals surface area contributed by atoms with E-state index in [0.29, 0.717) is 41.0 Å². The van der Waals surface area contributed by atoms with Gasteiger partial charge in [-0.25, -0.2) is 4.79 Å². The Morgan fingerprint density at radius 2 is 1.76 bits per heavy atom. The minimum atomic E-state index is -0.592. The highest BCUT2D eigenvalue weighted by Gasteiger charge is 2.13. The summed E-state index contributed by atoms with van der Waals surface area (Å²) in [6.45, 7) is 0.762. The number of amides is 1. The SMILES string of the molecule is O=C(COC(=O)c1ccc(Cl)cc1)Nc1ccc2c(c1)OCCCO2. The highest BCUT2D eigenvalue weighted by molar-refractivity contribution is 6.30. The molecular weight excluding hydrogens is 346 g/mol. The van der Waals surface area contributed by atoms with Crippen LogP contribution >= 0.6 is 11.6 Å². The van der Waals surface area contributed by atoms with Crippen LogP contribution in [0.15, 0.2) is 42.5 Å². The molecule has 1 aliphatic rings. The van der Waals surface area contributed by atoms with Crippen LogP contribution < -0.4 is 14.8 Å². The Labute approximate surface area is 149 Å². The first-order valence-corrected chi connectivity index (χ1v) is 8.12. The molecule has 0 atom stereocenters. The van der Waals surface area contributed by atoms with Crippen LogP contribution in [-0.4, -0.2) is 31.7 Å². The maximum absolute atomic E-state index is 12.0. The maximum Gasteiger partial charge on any atom is 0.338 e. The molecule has 7 heteroatoms. The van der Waals surface area contributed by atoms with E-state index in [-0.39, 0.29) is 0 Å². The molecule has 1 aliphatic heterocycles. The number of carbonyl (C=O) groups is 2. The second-order valence-corrected chi connectivity index (χ2v) is 5.78. The summed E-state index contributed by atoms with van der Waals surface area (Å²) in [7, 11) is 0. The zero-order valence-corrected chi connectivity index (χ0v) is 14.0. The van der Waals surface area contributed by atoms with Crippen molar-refractivity contribution >= 4 is 29.2 Å². The van der Waals surface area contributed by atoms with E-state index in [1.54, 1.807) is 30.3 Å². The molecule has 0 radical (unpaired) electrons. The number of halogens is 1. The summed E-state index contributed by atoms with van der Waals surface area (Å²) in [6.07, 6.45) is 0.803. The lowest BCUT2D eigenvalue weighted by Crippen LogP contribution is -2.20. The summed E-state index contributed by atoms with van der Waals surface area (Å²) in [5, 5.41) is 3.17. The average molecular weight is 362 g/mol. The van der Waals surface area contributed by atoms with Crippen molar-refractivity contribution in [2.24, 2.45) is 0 Å². The van der Waals surface area contributed by atoms with Gasteiger partial charge in [0.25, 0.3) is 5.91 Å². The molecule has 0 aliphatic carbocycles. The Morgan fingerprint density at radius 3 is 2.52 bits per heavy atom. The van der Waals surface area contributed by atoms with Crippen molar-refractivity contribution in [2.75, 3.05) is 25.1 Å². The number of esters is 1. The van der Waals surface area contributed by atoms with Crippen molar-refractivity contribution in [3.8, 4) is 11.5 Å². The number of hydrogen-bond acceptors (Lipinski definition) is 5.